The second-order valence-corrected chi connectivity index (χ2v) is 6.25. The molecule has 0 bridgehead atoms. The van der Waals surface area contributed by atoms with Crippen molar-refractivity contribution in [2.45, 2.75) is 32.2 Å². The highest BCUT2D eigenvalue weighted by atomic mass is 79.9. The zero-order chi connectivity index (χ0) is 13.9. The molecule has 0 saturated heterocycles. The van der Waals surface area contributed by atoms with Crippen molar-refractivity contribution in [1.82, 2.24) is 5.32 Å². The molecule has 0 amide bonds. The fourth-order valence-electron chi connectivity index (χ4n) is 2.32. The Labute approximate surface area is 122 Å². The molecule has 0 radical (unpaired) electrons. The monoisotopic (exact) mass is 325 g/mol. The van der Waals surface area contributed by atoms with Crippen LogP contribution >= 0.6 is 15.9 Å². The van der Waals surface area contributed by atoms with E-state index in [4.69, 9.17) is 10.9 Å². The first-order valence-electron chi connectivity index (χ1n) is 6.50. The molecule has 1 atom stereocenters. The van der Waals surface area contributed by atoms with E-state index in [1.807, 2.05) is 12.1 Å². The van der Waals surface area contributed by atoms with Crippen molar-refractivity contribution in [2.24, 2.45) is 16.3 Å². The van der Waals surface area contributed by atoms with Crippen LogP contribution < -0.4 is 11.1 Å². The van der Waals surface area contributed by atoms with Crippen LogP contribution in [0.2, 0.25) is 0 Å². The first-order chi connectivity index (χ1) is 9.06. The molecule has 1 aromatic carbocycles. The minimum Gasteiger partial charge on any atom is -0.409 e. The van der Waals surface area contributed by atoms with E-state index in [1.165, 1.54) is 5.56 Å². The topological polar surface area (TPSA) is 70.6 Å². The van der Waals surface area contributed by atoms with Crippen LogP contribution in [0, 0.1) is 5.41 Å². The highest BCUT2D eigenvalue weighted by Gasteiger charge is 2.43. The molecular weight excluding hydrogens is 306 g/mol. The Balaban J connectivity index is 1.91. The molecule has 4 N–H and O–H groups in total. The third-order valence-electron chi connectivity index (χ3n) is 3.80. The Morgan fingerprint density at radius 2 is 2.21 bits per heavy atom. The van der Waals surface area contributed by atoms with E-state index in [0.717, 1.165) is 23.9 Å². The van der Waals surface area contributed by atoms with Gasteiger partial charge in [-0.3, -0.25) is 0 Å². The molecule has 4 nitrogen and oxygen atoms in total. The van der Waals surface area contributed by atoms with Gasteiger partial charge in [-0.1, -0.05) is 39.3 Å². The Morgan fingerprint density at radius 3 is 2.79 bits per heavy atom. The maximum atomic E-state index is 8.65. The Morgan fingerprint density at radius 1 is 1.53 bits per heavy atom. The molecule has 0 aliphatic heterocycles. The number of halogens is 1. The van der Waals surface area contributed by atoms with Gasteiger partial charge in [-0.15, -0.1) is 0 Å². The molecule has 1 aliphatic rings. The lowest BCUT2D eigenvalue weighted by atomic mass is 10.0. The summed E-state index contributed by atoms with van der Waals surface area (Å²) in [5.74, 6) is 0.327. The molecule has 104 valence electrons. The number of benzene rings is 1. The zero-order valence-electron chi connectivity index (χ0n) is 11.1. The number of rotatable bonds is 6. The van der Waals surface area contributed by atoms with Crippen molar-refractivity contribution in [2.75, 3.05) is 6.54 Å². The lowest BCUT2D eigenvalue weighted by Gasteiger charge is -2.20. The summed E-state index contributed by atoms with van der Waals surface area (Å²) in [6.07, 6.45) is 2.94. The Bertz CT molecular complexity index is 472. The quantitative estimate of drug-likeness (QED) is 0.326. The number of nitrogens with two attached hydrogens (primary N) is 1. The van der Waals surface area contributed by atoms with Gasteiger partial charge in [-0.2, -0.15) is 0 Å². The largest absolute Gasteiger partial charge is 0.409 e. The first kappa shape index (κ1) is 14.3. The summed E-state index contributed by atoms with van der Waals surface area (Å²) < 4.78 is 1.12. The van der Waals surface area contributed by atoms with Crippen LogP contribution in [-0.4, -0.2) is 17.6 Å². The molecule has 1 saturated carbocycles. The molecule has 19 heavy (non-hydrogen) atoms. The molecule has 5 heteroatoms. The summed E-state index contributed by atoms with van der Waals surface area (Å²) in [5.41, 5.74) is 7.04. The second kappa shape index (κ2) is 5.92. The number of oxime groups is 1. The van der Waals surface area contributed by atoms with Gasteiger partial charge in [0, 0.05) is 23.5 Å². The third kappa shape index (κ3) is 3.70. The molecule has 0 aromatic heterocycles. The lowest BCUT2D eigenvalue weighted by Crippen LogP contribution is -2.30. The number of nitrogens with one attached hydrogen (secondary N) is 1. The van der Waals surface area contributed by atoms with Crippen LogP contribution in [0.15, 0.2) is 33.9 Å². The van der Waals surface area contributed by atoms with Gasteiger partial charge in [0.05, 0.1) is 0 Å². The van der Waals surface area contributed by atoms with Crippen LogP contribution in [0.3, 0.4) is 0 Å². The predicted molar refractivity (Wildman–Crippen MR) is 80.3 cm³/mol. The molecule has 1 aromatic rings. The van der Waals surface area contributed by atoms with Crippen molar-refractivity contribution in [1.29, 1.82) is 0 Å². The van der Waals surface area contributed by atoms with Crippen LogP contribution in [0.5, 0.6) is 0 Å². The van der Waals surface area contributed by atoms with E-state index in [0.29, 0.717) is 12.3 Å². The maximum absolute atomic E-state index is 8.65. The highest BCUT2D eigenvalue weighted by Crippen LogP contribution is 2.48. The van der Waals surface area contributed by atoms with Gasteiger partial charge in [-0.25, -0.2) is 0 Å². The van der Waals surface area contributed by atoms with E-state index in [-0.39, 0.29) is 11.5 Å². The molecular formula is C14H20BrN3O. The van der Waals surface area contributed by atoms with Crippen LogP contribution in [-0.2, 0) is 0 Å². The SMILES string of the molecule is C[C@@H](NCC1(C/C(N)=N/O)CC1)c1ccccc1Br. The lowest BCUT2D eigenvalue weighted by molar-refractivity contribution is 0.313. The maximum Gasteiger partial charge on any atom is 0.139 e. The van der Waals surface area contributed by atoms with E-state index < -0.39 is 0 Å². The fraction of sp³-hybridized carbons (Fsp3) is 0.500. The van der Waals surface area contributed by atoms with Crippen molar-refractivity contribution < 1.29 is 5.21 Å². The molecule has 0 unspecified atom stereocenters. The summed E-state index contributed by atoms with van der Waals surface area (Å²) in [6, 6.07) is 8.50. The molecule has 0 spiro atoms. The van der Waals surface area contributed by atoms with E-state index in [9.17, 15) is 0 Å². The van der Waals surface area contributed by atoms with Crippen LogP contribution in [0.25, 0.3) is 0 Å². The average Bonchev–Trinajstić information content (AvgIpc) is 3.16. The third-order valence-corrected chi connectivity index (χ3v) is 4.52. The summed E-state index contributed by atoms with van der Waals surface area (Å²) in [7, 11) is 0. The smallest absolute Gasteiger partial charge is 0.139 e. The predicted octanol–water partition coefficient (Wildman–Crippen LogP) is 3.02. The van der Waals surface area contributed by atoms with Gasteiger partial charge in [0.1, 0.15) is 5.84 Å². The number of hydrogen-bond acceptors (Lipinski definition) is 3. The van der Waals surface area contributed by atoms with Crippen molar-refractivity contribution >= 4 is 21.8 Å². The van der Waals surface area contributed by atoms with Crippen molar-refractivity contribution in [3.8, 4) is 0 Å². The summed E-state index contributed by atoms with van der Waals surface area (Å²) in [4.78, 5) is 0. The normalized spacial score (nSPS) is 19.2. The summed E-state index contributed by atoms with van der Waals surface area (Å²) in [5, 5.41) is 15.3. The van der Waals surface area contributed by atoms with Gasteiger partial charge in [-0.05, 0) is 36.8 Å². The van der Waals surface area contributed by atoms with Gasteiger partial charge in [0.15, 0.2) is 0 Å². The molecule has 1 aliphatic carbocycles. The van der Waals surface area contributed by atoms with Gasteiger partial charge < -0.3 is 16.3 Å². The molecule has 1 fully saturated rings. The van der Waals surface area contributed by atoms with Crippen molar-refractivity contribution in [3.05, 3.63) is 34.3 Å². The average molecular weight is 326 g/mol. The van der Waals surface area contributed by atoms with Crippen LogP contribution in [0.1, 0.15) is 37.8 Å². The van der Waals surface area contributed by atoms with E-state index in [1.54, 1.807) is 0 Å². The number of nitrogens with zero attached hydrogens (tertiary/aromatic N) is 1. The standard InChI is InChI=1S/C14H20BrN3O/c1-10(11-4-2-3-5-12(11)15)17-9-14(6-7-14)8-13(16)18-19/h2-5,10,17,19H,6-9H2,1H3,(H2,16,18)/t10-/m1/s1. The zero-order valence-corrected chi connectivity index (χ0v) is 12.7. The number of amidine groups is 1. The fourth-order valence-corrected chi connectivity index (χ4v) is 2.95. The number of hydrogen-bond donors (Lipinski definition) is 3. The minimum atomic E-state index is 0.186. The van der Waals surface area contributed by atoms with Crippen LogP contribution in [0.4, 0.5) is 0 Å². The summed E-state index contributed by atoms with van der Waals surface area (Å²) in [6.45, 7) is 3.05. The minimum absolute atomic E-state index is 0.186. The van der Waals surface area contributed by atoms with E-state index in [2.05, 4.69) is 45.5 Å². The van der Waals surface area contributed by atoms with Gasteiger partial charge >= 0.3 is 0 Å². The second-order valence-electron chi connectivity index (χ2n) is 5.39. The molecule has 2 rings (SSSR count). The highest BCUT2D eigenvalue weighted by molar-refractivity contribution is 9.10. The van der Waals surface area contributed by atoms with Gasteiger partial charge in [0.2, 0.25) is 0 Å². The van der Waals surface area contributed by atoms with E-state index >= 15 is 0 Å². The summed E-state index contributed by atoms with van der Waals surface area (Å²) >= 11 is 3.57. The molecule has 0 heterocycles. The Hall–Kier alpha value is -1.07. The Kier molecular flexibility index (Phi) is 4.47. The van der Waals surface area contributed by atoms with Gasteiger partial charge in [0.25, 0.3) is 0 Å². The van der Waals surface area contributed by atoms with Crippen molar-refractivity contribution in [3.63, 3.8) is 0 Å². The first-order valence-corrected chi connectivity index (χ1v) is 7.30.